The van der Waals surface area contributed by atoms with Gasteiger partial charge in [0.25, 0.3) is 0 Å². The molecular formula is C21H18FN3O3. The normalized spacial score (nSPS) is 14.4. The van der Waals surface area contributed by atoms with Crippen LogP contribution in [0.4, 0.5) is 15.8 Å². The summed E-state index contributed by atoms with van der Waals surface area (Å²) >= 11 is 0. The summed E-state index contributed by atoms with van der Waals surface area (Å²) in [6, 6.07) is 14.8. The molecule has 0 unspecified atom stereocenters. The lowest BCUT2D eigenvalue weighted by Crippen LogP contribution is -2.28. The molecular weight excluding hydrogens is 361 g/mol. The SMILES string of the molecule is CC(=O)Nc1cccc(NC(=O)C2(c3cc(-c4ccccc4F)on3)CC2)c1. The molecule has 2 aromatic carbocycles. The molecule has 0 aliphatic heterocycles. The van der Waals surface area contributed by atoms with Gasteiger partial charge in [-0.25, -0.2) is 4.39 Å². The Morgan fingerprint density at radius 1 is 1.04 bits per heavy atom. The Morgan fingerprint density at radius 3 is 2.43 bits per heavy atom. The minimum absolute atomic E-state index is 0.189. The van der Waals surface area contributed by atoms with Crippen molar-refractivity contribution in [3.63, 3.8) is 0 Å². The molecule has 0 spiro atoms. The second-order valence-electron chi connectivity index (χ2n) is 6.85. The molecule has 3 aromatic rings. The third-order valence-electron chi connectivity index (χ3n) is 4.77. The second kappa shape index (κ2) is 6.92. The maximum absolute atomic E-state index is 14.0. The number of halogens is 1. The molecule has 142 valence electrons. The molecule has 2 amide bonds. The predicted molar refractivity (Wildman–Crippen MR) is 102 cm³/mol. The minimum Gasteiger partial charge on any atom is -0.356 e. The van der Waals surface area contributed by atoms with Crippen LogP contribution in [-0.2, 0) is 15.0 Å². The van der Waals surface area contributed by atoms with E-state index in [1.54, 1.807) is 48.5 Å². The summed E-state index contributed by atoms with van der Waals surface area (Å²) in [5.74, 6) is -0.514. The molecule has 1 aromatic heterocycles. The lowest BCUT2D eigenvalue weighted by Gasteiger charge is -2.13. The molecule has 0 radical (unpaired) electrons. The van der Waals surface area contributed by atoms with E-state index in [-0.39, 0.29) is 11.8 Å². The van der Waals surface area contributed by atoms with E-state index in [0.717, 1.165) is 0 Å². The number of nitrogens with zero attached hydrogens (tertiary/aromatic N) is 1. The molecule has 4 rings (SSSR count). The van der Waals surface area contributed by atoms with Crippen LogP contribution < -0.4 is 10.6 Å². The van der Waals surface area contributed by atoms with Crippen molar-refractivity contribution in [2.45, 2.75) is 25.2 Å². The fourth-order valence-corrected chi connectivity index (χ4v) is 3.14. The zero-order valence-corrected chi connectivity index (χ0v) is 15.2. The van der Waals surface area contributed by atoms with Crippen LogP contribution in [-0.4, -0.2) is 17.0 Å². The van der Waals surface area contributed by atoms with E-state index >= 15 is 0 Å². The smallest absolute Gasteiger partial charge is 0.236 e. The molecule has 7 heteroatoms. The third-order valence-corrected chi connectivity index (χ3v) is 4.77. The lowest BCUT2D eigenvalue weighted by atomic mass is 10.00. The van der Waals surface area contributed by atoms with Crippen LogP contribution >= 0.6 is 0 Å². The second-order valence-corrected chi connectivity index (χ2v) is 6.85. The van der Waals surface area contributed by atoms with Crippen LogP contribution in [0.2, 0.25) is 0 Å². The number of nitrogens with one attached hydrogen (secondary N) is 2. The number of carbonyl (C=O) groups is 2. The van der Waals surface area contributed by atoms with Crippen molar-refractivity contribution < 1.29 is 18.5 Å². The highest BCUT2D eigenvalue weighted by atomic mass is 19.1. The largest absolute Gasteiger partial charge is 0.356 e. The third kappa shape index (κ3) is 3.38. The molecule has 0 bridgehead atoms. The number of anilines is 2. The van der Waals surface area contributed by atoms with Gasteiger partial charge in [0.1, 0.15) is 5.82 Å². The Labute approximate surface area is 160 Å². The molecule has 0 saturated heterocycles. The van der Waals surface area contributed by atoms with Crippen LogP contribution in [0.1, 0.15) is 25.5 Å². The number of amides is 2. The highest BCUT2D eigenvalue weighted by molar-refractivity contribution is 6.01. The van der Waals surface area contributed by atoms with Crippen molar-refractivity contribution in [1.82, 2.24) is 5.16 Å². The van der Waals surface area contributed by atoms with Gasteiger partial charge in [0.15, 0.2) is 5.76 Å². The van der Waals surface area contributed by atoms with E-state index in [1.165, 1.54) is 13.0 Å². The first kappa shape index (κ1) is 17.9. The average molecular weight is 379 g/mol. The van der Waals surface area contributed by atoms with Crippen LogP contribution in [0.5, 0.6) is 0 Å². The topological polar surface area (TPSA) is 84.2 Å². The van der Waals surface area contributed by atoms with E-state index < -0.39 is 11.2 Å². The predicted octanol–water partition coefficient (Wildman–Crippen LogP) is 4.11. The molecule has 2 N–H and O–H groups in total. The summed E-state index contributed by atoms with van der Waals surface area (Å²) in [5, 5.41) is 9.58. The summed E-state index contributed by atoms with van der Waals surface area (Å²) in [6.45, 7) is 1.42. The molecule has 6 nitrogen and oxygen atoms in total. The minimum atomic E-state index is -0.781. The molecule has 1 aliphatic rings. The monoisotopic (exact) mass is 379 g/mol. The fourth-order valence-electron chi connectivity index (χ4n) is 3.14. The number of hydrogen-bond donors (Lipinski definition) is 2. The maximum atomic E-state index is 14.0. The Hall–Kier alpha value is -3.48. The van der Waals surface area contributed by atoms with Gasteiger partial charge in [-0.15, -0.1) is 0 Å². The van der Waals surface area contributed by atoms with Crippen LogP contribution in [0, 0.1) is 5.82 Å². The number of aromatic nitrogens is 1. The number of carbonyl (C=O) groups excluding carboxylic acids is 2. The van der Waals surface area contributed by atoms with Crippen LogP contribution in [0.25, 0.3) is 11.3 Å². The quantitative estimate of drug-likeness (QED) is 0.699. The Kier molecular flexibility index (Phi) is 4.43. The number of rotatable bonds is 5. The van der Waals surface area contributed by atoms with Gasteiger partial charge in [-0.2, -0.15) is 0 Å². The van der Waals surface area contributed by atoms with Crippen molar-refractivity contribution in [2.75, 3.05) is 10.6 Å². The highest BCUT2D eigenvalue weighted by Gasteiger charge is 2.53. The van der Waals surface area contributed by atoms with E-state index in [4.69, 9.17) is 4.52 Å². The van der Waals surface area contributed by atoms with Gasteiger partial charge in [0.05, 0.1) is 16.7 Å². The molecule has 28 heavy (non-hydrogen) atoms. The zero-order valence-electron chi connectivity index (χ0n) is 15.2. The van der Waals surface area contributed by atoms with E-state index in [2.05, 4.69) is 15.8 Å². The fraction of sp³-hybridized carbons (Fsp3) is 0.190. The van der Waals surface area contributed by atoms with E-state index in [9.17, 15) is 14.0 Å². The average Bonchev–Trinajstić information content (AvgIpc) is 3.33. The summed E-state index contributed by atoms with van der Waals surface area (Å²) < 4.78 is 19.3. The summed E-state index contributed by atoms with van der Waals surface area (Å²) in [7, 11) is 0. The van der Waals surface area contributed by atoms with Crippen molar-refractivity contribution in [3.05, 3.63) is 66.1 Å². The molecule has 1 aliphatic carbocycles. The zero-order chi connectivity index (χ0) is 19.7. The van der Waals surface area contributed by atoms with Gasteiger partial charge in [0.2, 0.25) is 11.8 Å². The Balaban J connectivity index is 1.54. The Bertz CT molecular complexity index is 1060. The van der Waals surface area contributed by atoms with Crippen molar-refractivity contribution in [3.8, 4) is 11.3 Å². The van der Waals surface area contributed by atoms with Crippen molar-refractivity contribution >= 4 is 23.2 Å². The van der Waals surface area contributed by atoms with Crippen LogP contribution in [0.3, 0.4) is 0 Å². The van der Waals surface area contributed by atoms with Gasteiger partial charge >= 0.3 is 0 Å². The first-order chi connectivity index (χ1) is 13.5. The van der Waals surface area contributed by atoms with Gasteiger partial charge in [-0.05, 0) is 43.2 Å². The van der Waals surface area contributed by atoms with Gasteiger partial charge in [-0.1, -0.05) is 23.4 Å². The summed E-state index contributed by atoms with van der Waals surface area (Å²) in [5.41, 5.74) is 1.18. The van der Waals surface area contributed by atoms with Gasteiger partial charge in [-0.3, -0.25) is 9.59 Å². The van der Waals surface area contributed by atoms with Gasteiger partial charge < -0.3 is 15.2 Å². The number of hydrogen-bond acceptors (Lipinski definition) is 4. The molecule has 1 saturated carbocycles. The standard InChI is InChI=1S/C21H18FN3O3/c1-13(26)23-14-5-4-6-15(11-14)24-20(27)21(9-10-21)19-12-18(28-25-19)16-7-2-3-8-17(16)22/h2-8,11-12H,9-10H2,1H3,(H,23,26)(H,24,27). The maximum Gasteiger partial charge on any atom is 0.236 e. The lowest BCUT2D eigenvalue weighted by molar-refractivity contribution is -0.118. The van der Waals surface area contributed by atoms with E-state index in [1.807, 2.05) is 0 Å². The first-order valence-electron chi connectivity index (χ1n) is 8.89. The Morgan fingerprint density at radius 2 is 1.75 bits per heavy atom. The summed E-state index contributed by atoms with van der Waals surface area (Å²) in [6.07, 6.45) is 1.26. The van der Waals surface area contributed by atoms with E-state index in [0.29, 0.717) is 41.2 Å². The molecule has 1 heterocycles. The van der Waals surface area contributed by atoms with Crippen molar-refractivity contribution in [1.29, 1.82) is 0 Å². The van der Waals surface area contributed by atoms with Gasteiger partial charge in [0, 0.05) is 24.4 Å². The van der Waals surface area contributed by atoms with Crippen molar-refractivity contribution in [2.24, 2.45) is 0 Å². The van der Waals surface area contributed by atoms with Crippen LogP contribution in [0.15, 0.2) is 59.1 Å². The number of benzene rings is 2. The first-order valence-corrected chi connectivity index (χ1v) is 8.89. The molecule has 0 atom stereocenters. The molecule has 1 fully saturated rings. The summed E-state index contributed by atoms with van der Waals surface area (Å²) in [4.78, 5) is 24.1. The highest BCUT2D eigenvalue weighted by Crippen LogP contribution is 2.49.